The number of piperidine rings is 3. The van der Waals surface area contributed by atoms with Gasteiger partial charge < -0.3 is 10.3 Å². The minimum absolute atomic E-state index is 0.482. The molecule has 2 N–H and O–H groups in total. The maximum Gasteiger partial charge on any atom is 0.148 e. The van der Waals surface area contributed by atoms with Crippen LogP contribution >= 0.6 is 0 Å². The highest BCUT2D eigenvalue weighted by Gasteiger charge is 2.39. The summed E-state index contributed by atoms with van der Waals surface area (Å²) in [5.74, 6) is 1.64. The van der Waals surface area contributed by atoms with Crippen LogP contribution in [0.25, 0.3) is 22.3 Å². The Kier molecular flexibility index (Phi) is 3.48. The minimum Gasteiger partial charge on any atom is -0.364 e. The highest BCUT2D eigenvalue weighted by atomic mass is 15.2. The van der Waals surface area contributed by atoms with E-state index in [1.807, 2.05) is 18.2 Å². The number of nitrogens with one attached hydrogen (secondary N) is 2. The van der Waals surface area contributed by atoms with Crippen molar-refractivity contribution in [1.82, 2.24) is 20.1 Å². The Bertz CT molecular complexity index is 841. The van der Waals surface area contributed by atoms with Crippen molar-refractivity contribution in [2.24, 2.45) is 5.92 Å². The normalized spacial score (nSPS) is 28.4. The Morgan fingerprint density at radius 2 is 1.92 bits per heavy atom. The largest absolute Gasteiger partial charge is 0.364 e. The van der Waals surface area contributed by atoms with Gasteiger partial charge in [-0.1, -0.05) is 18.2 Å². The average molecular weight is 333 g/mol. The first kappa shape index (κ1) is 14.9. The lowest BCUT2D eigenvalue weighted by Crippen LogP contribution is -2.59. The highest BCUT2D eigenvalue weighted by molar-refractivity contribution is 5.85. The SMILES string of the molecule is C[C@@H]1[C@H](Nc2ccc(-c3cc4ccccc4[nH]3)nn2)C2CCN1CC2. The van der Waals surface area contributed by atoms with Crippen molar-refractivity contribution in [2.75, 3.05) is 18.4 Å². The van der Waals surface area contributed by atoms with Gasteiger partial charge in [0.25, 0.3) is 0 Å². The topological polar surface area (TPSA) is 56.8 Å². The maximum absolute atomic E-state index is 4.44. The molecule has 3 aliphatic heterocycles. The van der Waals surface area contributed by atoms with E-state index in [4.69, 9.17) is 0 Å². The molecule has 1 aromatic carbocycles. The Hall–Kier alpha value is -2.40. The van der Waals surface area contributed by atoms with Gasteiger partial charge in [-0.05, 0) is 63.0 Å². The van der Waals surface area contributed by atoms with Crippen molar-refractivity contribution >= 4 is 16.7 Å². The number of aromatic amines is 1. The minimum atomic E-state index is 0.482. The molecule has 0 aliphatic carbocycles. The molecule has 25 heavy (non-hydrogen) atoms. The Labute approximate surface area is 147 Å². The Morgan fingerprint density at radius 1 is 1.08 bits per heavy atom. The number of benzene rings is 1. The molecule has 0 radical (unpaired) electrons. The van der Waals surface area contributed by atoms with Gasteiger partial charge in [0.2, 0.25) is 0 Å². The van der Waals surface area contributed by atoms with E-state index in [0.29, 0.717) is 12.1 Å². The molecule has 0 spiro atoms. The molecule has 2 atom stereocenters. The van der Waals surface area contributed by atoms with E-state index >= 15 is 0 Å². The summed E-state index contributed by atoms with van der Waals surface area (Å²) in [6.45, 7) is 4.82. The number of hydrogen-bond donors (Lipinski definition) is 2. The van der Waals surface area contributed by atoms with E-state index in [2.05, 4.69) is 56.6 Å². The molecule has 2 bridgehead atoms. The number of rotatable bonds is 3. The average Bonchev–Trinajstić information content (AvgIpc) is 3.10. The lowest BCUT2D eigenvalue weighted by molar-refractivity contribution is 0.0457. The summed E-state index contributed by atoms with van der Waals surface area (Å²) < 4.78 is 0. The summed E-state index contributed by atoms with van der Waals surface area (Å²) in [6.07, 6.45) is 2.59. The van der Waals surface area contributed by atoms with E-state index in [-0.39, 0.29) is 0 Å². The van der Waals surface area contributed by atoms with Gasteiger partial charge in [-0.2, -0.15) is 0 Å². The van der Waals surface area contributed by atoms with Crippen LogP contribution in [0.4, 0.5) is 5.82 Å². The lowest BCUT2D eigenvalue weighted by atomic mass is 9.79. The van der Waals surface area contributed by atoms with Crippen LogP contribution in [-0.4, -0.2) is 45.3 Å². The quantitative estimate of drug-likeness (QED) is 0.770. The number of anilines is 1. The van der Waals surface area contributed by atoms with Crippen LogP contribution in [0.1, 0.15) is 19.8 Å². The molecule has 0 unspecified atom stereocenters. The third-order valence-electron chi connectivity index (χ3n) is 5.96. The van der Waals surface area contributed by atoms with Gasteiger partial charge in [0.05, 0.1) is 5.69 Å². The van der Waals surface area contributed by atoms with Gasteiger partial charge in [0, 0.05) is 23.0 Å². The fraction of sp³-hybridized carbons (Fsp3) is 0.400. The molecule has 0 saturated carbocycles. The molecule has 3 aliphatic rings. The number of nitrogens with zero attached hydrogens (tertiary/aromatic N) is 3. The molecule has 2 aromatic heterocycles. The van der Waals surface area contributed by atoms with E-state index in [9.17, 15) is 0 Å². The van der Waals surface area contributed by atoms with Crippen molar-refractivity contribution in [3.05, 3.63) is 42.5 Å². The number of para-hydroxylation sites is 1. The second kappa shape index (κ2) is 5.85. The van der Waals surface area contributed by atoms with Crippen LogP contribution in [0, 0.1) is 5.92 Å². The molecule has 128 valence electrons. The summed E-state index contributed by atoms with van der Waals surface area (Å²) in [4.78, 5) is 6.00. The van der Waals surface area contributed by atoms with Gasteiger partial charge >= 0.3 is 0 Å². The second-order valence-electron chi connectivity index (χ2n) is 7.36. The highest BCUT2D eigenvalue weighted by Crippen LogP contribution is 2.33. The Balaban J connectivity index is 1.36. The third-order valence-corrected chi connectivity index (χ3v) is 5.96. The van der Waals surface area contributed by atoms with E-state index in [1.165, 1.54) is 31.3 Å². The van der Waals surface area contributed by atoms with Gasteiger partial charge in [0.1, 0.15) is 11.5 Å². The fourth-order valence-corrected chi connectivity index (χ4v) is 4.48. The first-order chi connectivity index (χ1) is 12.3. The second-order valence-corrected chi connectivity index (χ2v) is 7.36. The van der Waals surface area contributed by atoms with Crippen LogP contribution < -0.4 is 5.32 Å². The summed E-state index contributed by atoms with van der Waals surface area (Å²) in [6, 6.07) is 15.6. The molecule has 5 nitrogen and oxygen atoms in total. The zero-order valence-electron chi connectivity index (χ0n) is 14.4. The predicted octanol–water partition coefficient (Wildman–Crippen LogP) is 3.52. The van der Waals surface area contributed by atoms with Crippen molar-refractivity contribution in [2.45, 2.75) is 31.8 Å². The molecular formula is C20H23N5. The van der Waals surface area contributed by atoms with Crippen LogP contribution in [0.3, 0.4) is 0 Å². The number of hydrogen-bond acceptors (Lipinski definition) is 4. The molecule has 6 rings (SSSR count). The van der Waals surface area contributed by atoms with E-state index < -0.39 is 0 Å². The summed E-state index contributed by atoms with van der Waals surface area (Å²) in [5, 5.41) is 13.7. The van der Waals surface area contributed by atoms with Crippen LogP contribution in [0.15, 0.2) is 42.5 Å². The molecule has 0 amide bonds. The van der Waals surface area contributed by atoms with E-state index in [1.54, 1.807) is 0 Å². The van der Waals surface area contributed by atoms with Crippen LogP contribution in [0.2, 0.25) is 0 Å². The molecule has 5 heterocycles. The van der Waals surface area contributed by atoms with Crippen molar-refractivity contribution < 1.29 is 0 Å². The predicted molar refractivity (Wildman–Crippen MR) is 100 cm³/mol. The van der Waals surface area contributed by atoms with Crippen molar-refractivity contribution in [3.8, 4) is 11.4 Å². The standard InChI is InChI=1S/C20H23N5/c1-13-20(14-8-10-25(13)11-9-14)22-19-7-6-17(23-24-19)18-12-15-4-2-3-5-16(15)21-18/h2-7,12-14,20-21H,8-11H2,1H3,(H,22,24)/t13-,20+/m1/s1. The first-order valence-corrected chi connectivity index (χ1v) is 9.20. The molecular weight excluding hydrogens is 310 g/mol. The van der Waals surface area contributed by atoms with Crippen molar-refractivity contribution in [3.63, 3.8) is 0 Å². The summed E-state index contributed by atoms with van der Waals surface area (Å²) in [7, 11) is 0. The zero-order chi connectivity index (χ0) is 16.8. The van der Waals surface area contributed by atoms with Crippen LogP contribution in [0.5, 0.6) is 0 Å². The van der Waals surface area contributed by atoms with Gasteiger partial charge in [0.15, 0.2) is 0 Å². The zero-order valence-corrected chi connectivity index (χ0v) is 14.4. The summed E-state index contributed by atoms with van der Waals surface area (Å²) >= 11 is 0. The number of aromatic nitrogens is 3. The van der Waals surface area contributed by atoms with Gasteiger partial charge in [-0.3, -0.25) is 4.90 Å². The Morgan fingerprint density at radius 3 is 2.64 bits per heavy atom. The van der Waals surface area contributed by atoms with E-state index in [0.717, 1.165) is 28.6 Å². The molecule has 3 aromatic rings. The smallest absolute Gasteiger partial charge is 0.148 e. The van der Waals surface area contributed by atoms with Gasteiger partial charge in [-0.25, -0.2) is 0 Å². The van der Waals surface area contributed by atoms with Crippen LogP contribution in [-0.2, 0) is 0 Å². The number of fused-ring (bicyclic) bond motifs is 4. The lowest BCUT2D eigenvalue weighted by Gasteiger charge is -2.50. The molecule has 3 fully saturated rings. The maximum atomic E-state index is 4.44. The number of H-pyrrole nitrogens is 1. The molecule has 5 heteroatoms. The molecule has 3 saturated heterocycles. The van der Waals surface area contributed by atoms with Gasteiger partial charge in [-0.15, -0.1) is 10.2 Å². The monoisotopic (exact) mass is 333 g/mol. The summed E-state index contributed by atoms with van der Waals surface area (Å²) in [5.41, 5.74) is 3.02. The van der Waals surface area contributed by atoms with Crippen molar-refractivity contribution in [1.29, 1.82) is 0 Å². The third kappa shape index (κ3) is 2.59. The first-order valence-electron chi connectivity index (χ1n) is 9.20. The fourth-order valence-electron chi connectivity index (χ4n) is 4.48.